The Bertz CT molecular complexity index is 929. The second-order valence-corrected chi connectivity index (χ2v) is 7.20. The number of H-pyrrole nitrogens is 1. The lowest BCUT2D eigenvalue weighted by atomic mass is 10.1. The highest BCUT2D eigenvalue weighted by Crippen LogP contribution is 2.25. The SMILES string of the molecule is COC(CO)C(O)C(O)n1cc(CNC2OC(C)C(O)C2O)c2c(=O)[nH]c(N)nc21. The second-order valence-electron chi connectivity index (χ2n) is 7.20. The number of aliphatic hydroxyl groups excluding tert-OH is 5. The topological polar surface area (TPSA) is 208 Å². The number of ether oxygens (including phenoxy) is 2. The lowest BCUT2D eigenvalue weighted by molar-refractivity contribution is -0.115. The number of nitrogens with one attached hydrogen (secondary N) is 2. The van der Waals surface area contributed by atoms with Crippen LogP contribution in [0.25, 0.3) is 11.0 Å². The molecule has 0 saturated carbocycles. The van der Waals surface area contributed by atoms with Crippen molar-refractivity contribution in [1.29, 1.82) is 0 Å². The van der Waals surface area contributed by atoms with Crippen LogP contribution in [0, 0.1) is 0 Å². The van der Waals surface area contributed by atoms with Crippen LogP contribution in [0.5, 0.6) is 0 Å². The van der Waals surface area contributed by atoms with Crippen molar-refractivity contribution in [3.8, 4) is 0 Å². The van der Waals surface area contributed by atoms with Crippen LogP contribution >= 0.6 is 0 Å². The number of aromatic amines is 1. The van der Waals surface area contributed by atoms with Gasteiger partial charge in [0.2, 0.25) is 5.95 Å². The highest BCUT2D eigenvalue weighted by atomic mass is 16.6. The number of aromatic nitrogens is 3. The standard InChI is InChI=1S/C17H27N5O8/c1-6-10(24)12(26)15(30-6)19-3-7-4-22(16(28)11(25)8(5-23)29-2)13-9(7)14(27)21-17(18)20-13/h4,6,8,10-12,15-16,19,23-26,28H,3,5H2,1-2H3,(H3,18,20,21,27). The van der Waals surface area contributed by atoms with E-state index >= 15 is 0 Å². The summed E-state index contributed by atoms with van der Waals surface area (Å²) in [6, 6.07) is 0. The maximum atomic E-state index is 12.5. The van der Waals surface area contributed by atoms with E-state index in [9.17, 15) is 30.3 Å². The summed E-state index contributed by atoms with van der Waals surface area (Å²) in [4.78, 5) is 18.9. The van der Waals surface area contributed by atoms with Crippen LogP contribution in [0.2, 0.25) is 0 Å². The van der Waals surface area contributed by atoms with E-state index < -0.39 is 55.1 Å². The molecule has 0 amide bonds. The Kier molecular flexibility index (Phi) is 6.74. The van der Waals surface area contributed by atoms with Crippen molar-refractivity contribution in [2.24, 2.45) is 0 Å². The zero-order valence-electron chi connectivity index (χ0n) is 16.5. The maximum Gasteiger partial charge on any atom is 0.262 e. The minimum atomic E-state index is -1.61. The molecule has 1 aliphatic heterocycles. The Morgan fingerprint density at radius 2 is 2.10 bits per heavy atom. The quantitative estimate of drug-likeness (QED) is 0.209. The molecular formula is C17H27N5O8. The fourth-order valence-electron chi connectivity index (χ4n) is 3.49. The summed E-state index contributed by atoms with van der Waals surface area (Å²) >= 11 is 0. The van der Waals surface area contributed by atoms with Gasteiger partial charge < -0.3 is 45.3 Å². The van der Waals surface area contributed by atoms with Crippen molar-refractivity contribution < 1.29 is 35.0 Å². The highest BCUT2D eigenvalue weighted by molar-refractivity contribution is 5.80. The summed E-state index contributed by atoms with van der Waals surface area (Å²) in [5.74, 6) is -0.190. The number of hydrogen-bond acceptors (Lipinski definition) is 11. The number of aliphatic hydroxyl groups is 5. The summed E-state index contributed by atoms with van der Waals surface area (Å²) in [5, 5.41) is 53.1. The molecule has 7 unspecified atom stereocenters. The molecule has 0 radical (unpaired) electrons. The van der Waals surface area contributed by atoms with Gasteiger partial charge in [-0.15, -0.1) is 0 Å². The third-order valence-corrected chi connectivity index (χ3v) is 5.23. The van der Waals surface area contributed by atoms with Gasteiger partial charge in [0, 0.05) is 19.9 Å². The minimum absolute atomic E-state index is 0.00804. The van der Waals surface area contributed by atoms with Crippen LogP contribution in [0.15, 0.2) is 11.0 Å². The van der Waals surface area contributed by atoms with Crippen molar-refractivity contribution in [3.63, 3.8) is 0 Å². The molecule has 3 heterocycles. The molecule has 168 valence electrons. The summed E-state index contributed by atoms with van der Waals surface area (Å²) in [6.07, 6.45) is -6.52. The molecule has 9 N–H and O–H groups in total. The number of fused-ring (bicyclic) bond motifs is 1. The van der Waals surface area contributed by atoms with E-state index in [0.29, 0.717) is 5.56 Å². The van der Waals surface area contributed by atoms with E-state index in [-0.39, 0.29) is 23.5 Å². The Hall–Kier alpha value is -2.10. The van der Waals surface area contributed by atoms with Gasteiger partial charge in [0.05, 0.1) is 18.1 Å². The first-order valence-corrected chi connectivity index (χ1v) is 9.33. The smallest absolute Gasteiger partial charge is 0.262 e. The van der Waals surface area contributed by atoms with Gasteiger partial charge in [0.25, 0.3) is 5.56 Å². The Balaban J connectivity index is 1.95. The Morgan fingerprint density at radius 1 is 1.40 bits per heavy atom. The van der Waals surface area contributed by atoms with Crippen LogP contribution in [-0.2, 0) is 16.0 Å². The number of nitrogen functional groups attached to an aromatic ring is 1. The Morgan fingerprint density at radius 3 is 2.67 bits per heavy atom. The fraction of sp³-hybridized carbons (Fsp3) is 0.647. The van der Waals surface area contributed by atoms with Crippen molar-refractivity contribution in [1.82, 2.24) is 19.9 Å². The molecule has 0 aliphatic carbocycles. The van der Waals surface area contributed by atoms with Gasteiger partial charge in [-0.3, -0.25) is 15.1 Å². The van der Waals surface area contributed by atoms with Crippen molar-refractivity contribution in [2.45, 2.75) is 56.4 Å². The van der Waals surface area contributed by atoms with Gasteiger partial charge in [-0.25, -0.2) is 0 Å². The van der Waals surface area contributed by atoms with Gasteiger partial charge >= 0.3 is 0 Å². The number of hydrogen-bond donors (Lipinski definition) is 8. The van der Waals surface area contributed by atoms with Gasteiger partial charge in [-0.05, 0) is 12.5 Å². The first-order valence-electron chi connectivity index (χ1n) is 9.33. The summed E-state index contributed by atoms with van der Waals surface area (Å²) in [6.45, 7) is 1.08. The predicted molar refractivity (Wildman–Crippen MR) is 103 cm³/mol. The summed E-state index contributed by atoms with van der Waals surface area (Å²) in [7, 11) is 1.27. The highest BCUT2D eigenvalue weighted by Gasteiger charge is 2.40. The van der Waals surface area contributed by atoms with E-state index in [4.69, 9.17) is 15.2 Å². The maximum absolute atomic E-state index is 12.5. The second kappa shape index (κ2) is 8.95. The lowest BCUT2D eigenvalue weighted by Gasteiger charge is -2.25. The zero-order valence-corrected chi connectivity index (χ0v) is 16.5. The third-order valence-electron chi connectivity index (χ3n) is 5.23. The van der Waals surface area contributed by atoms with E-state index in [1.165, 1.54) is 13.3 Å². The molecule has 0 bridgehead atoms. The monoisotopic (exact) mass is 429 g/mol. The van der Waals surface area contributed by atoms with Crippen LogP contribution in [0.3, 0.4) is 0 Å². The Labute approximate surface area is 170 Å². The van der Waals surface area contributed by atoms with Gasteiger partial charge in [0.15, 0.2) is 11.9 Å². The van der Waals surface area contributed by atoms with Crippen molar-refractivity contribution >= 4 is 17.0 Å². The normalized spacial score (nSPS) is 27.4. The third kappa shape index (κ3) is 4.06. The van der Waals surface area contributed by atoms with E-state index in [2.05, 4.69) is 15.3 Å². The number of methoxy groups -OCH3 is 1. The molecular weight excluding hydrogens is 402 g/mol. The number of nitrogens with zero attached hydrogens (tertiary/aromatic N) is 2. The number of rotatable bonds is 8. The molecule has 1 fully saturated rings. The first-order chi connectivity index (χ1) is 14.2. The first kappa shape index (κ1) is 22.6. The molecule has 1 saturated heterocycles. The van der Waals surface area contributed by atoms with Gasteiger partial charge in [0.1, 0.15) is 30.6 Å². The number of nitrogens with two attached hydrogens (primary N) is 1. The van der Waals surface area contributed by atoms with Crippen LogP contribution in [0.4, 0.5) is 5.95 Å². The van der Waals surface area contributed by atoms with Gasteiger partial charge in [-0.1, -0.05) is 0 Å². The average Bonchev–Trinajstić information content (AvgIpc) is 3.19. The number of anilines is 1. The van der Waals surface area contributed by atoms with E-state index in [1.54, 1.807) is 6.92 Å². The molecule has 0 spiro atoms. The minimum Gasteiger partial charge on any atom is -0.394 e. The molecule has 3 rings (SSSR count). The lowest BCUT2D eigenvalue weighted by Crippen LogP contribution is -2.40. The van der Waals surface area contributed by atoms with E-state index in [1.807, 2.05) is 0 Å². The molecule has 13 heteroatoms. The van der Waals surface area contributed by atoms with Crippen LogP contribution < -0.4 is 16.6 Å². The predicted octanol–water partition coefficient (Wildman–Crippen LogP) is -3.28. The van der Waals surface area contributed by atoms with Crippen LogP contribution in [0.1, 0.15) is 18.7 Å². The van der Waals surface area contributed by atoms with E-state index in [0.717, 1.165) is 4.57 Å². The van der Waals surface area contributed by atoms with Crippen molar-refractivity contribution in [3.05, 3.63) is 22.1 Å². The summed E-state index contributed by atoms with van der Waals surface area (Å²) < 4.78 is 11.5. The average molecular weight is 429 g/mol. The van der Waals surface area contributed by atoms with Crippen molar-refractivity contribution in [2.75, 3.05) is 19.5 Å². The molecule has 2 aromatic heterocycles. The largest absolute Gasteiger partial charge is 0.394 e. The molecule has 13 nitrogen and oxygen atoms in total. The molecule has 30 heavy (non-hydrogen) atoms. The summed E-state index contributed by atoms with van der Waals surface area (Å²) in [5.41, 5.74) is 5.44. The fourth-order valence-corrected chi connectivity index (χ4v) is 3.49. The molecule has 0 aromatic carbocycles. The van der Waals surface area contributed by atoms with Gasteiger partial charge in [-0.2, -0.15) is 4.98 Å². The zero-order chi connectivity index (χ0) is 22.2. The molecule has 1 aliphatic rings. The molecule has 2 aromatic rings. The molecule has 7 atom stereocenters. The van der Waals surface area contributed by atoms with Crippen LogP contribution in [-0.4, -0.2) is 90.5 Å².